The molecule has 0 bridgehead atoms. The lowest BCUT2D eigenvalue weighted by atomic mass is 10.2. The summed E-state index contributed by atoms with van der Waals surface area (Å²) >= 11 is 0. The summed E-state index contributed by atoms with van der Waals surface area (Å²) in [4.78, 5) is 16.5. The van der Waals surface area contributed by atoms with Crippen LogP contribution in [0.5, 0.6) is 0 Å². The van der Waals surface area contributed by atoms with Gasteiger partial charge < -0.3 is 9.47 Å². The Balaban J connectivity index is 1.87. The van der Waals surface area contributed by atoms with Gasteiger partial charge in [-0.3, -0.25) is 10.1 Å². The minimum absolute atomic E-state index is 0.121. The monoisotopic (exact) mass is 274 g/mol. The van der Waals surface area contributed by atoms with Crippen LogP contribution < -0.4 is 4.90 Å². The summed E-state index contributed by atoms with van der Waals surface area (Å²) in [6.07, 6.45) is 4.77. The van der Waals surface area contributed by atoms with Gasteiger partial charge in [0.15, 0.2) is 0 Å². The lowest BCUT2D eigenvalue weighted by Crippen LogP contribution is -2.19. The highest BCUT2D eigenvalue weighted by Crippen LogP contribution is 2.18. The summed E-state index contributed by atoms with van der Waals surface area (Å²) in [6.45, 7) is 3.79. The standard InChI is InChI=1S/C14H18N4O2/c1-12-15-8-11-17(12)10-3-9-16(2)13-4-6-14(7-5-13)18(19)20/h4-8,11H,3,9-10H2,1-2H3. The molecule has 6 nitrogen and oxygen atoms in total. The van der Waals surface area contributed by atoms with E-state index in [9.17, 15) is 10.1 Å². The van der Waals surface area contributed by atoms with Gasteiger partial charge in [-0.2, -0.15) is 0 Å². The fourth-order valence-corrected chi connectivity index (χ4v) is 2.08. The van der Waals surface area contributed by atoms with Gasteiger partial charge in [-0.25, -0.2) is 4.98 Å². The van der Waals surface area contributed by atoms with Crippen molar-refractivity contribution in [3.05, 3.63) is 52.6 Å². The Bertz CT molecular complexity index is 577. The normalized spacial score (nSPS) is 10.5. The van der Waals surface area contributed by atoms with Crippen LogP contribution in [0.15, 0.2) is 36.7 Å². The van der Waals surface area contributed by atoms with Crippen LogP contribution >= 0.6 is 0 Å². The van der Waals surface area contributed by atoms with Crippen LogP contribution in [0.4, 0.5) is 11.4 Å². The molecule has 2 rings (SSSR count). The largest absolute Gasteiger partial charge is 0.375 e. The van der Waals surface area contributed by atoms with Crippen molar-refractivity contribution in [2.75, 3.05) is 18.5 Å². The number of anilines is 1. The highest BCUT2D eigenvalue weighted by Gasteiger charge is 2.06. The predicted octanol–water partition coefficient (Wildman–Crippen LogP) is 2.63. The quantitative estimate of drug-likeness (QED) is 0.600. The maximum absolute atomic E-state index is 10.6. The Labute approximate surface area is 117 Å². The zero-order valence-corrected chi connectivity index (χ0v) is 11.7. The van der Waals surface area contributed by atoms with Crippen molar-refractivity contribution in [3.8, 4) is 0 Å². The Morgan fingerprint density at radius 1 is 1.35 bits per heavy atom. The summed E-state index contributed by atoms with van der Waals surface area (Å²) in [6, 6.07) is 6.62. The Morgan fingerprint density at radius 3 is 2.60 bits per heavy atom. The van der Waals surface area contributed by atoms with E-state index in [0.29, 0.717) is 0 Å². The maximum atomic E-state index is 10.6. The third-order valence-electron chi connectivity index (χ3n) is 3.32. The average Bonchev–Trinajstić information content (AvgIpc) is 2.84. The molecule has 0 saturated carbocycles. The van der Waals surface area contributed by atoms with Crippen LogP contribution in [0.25, 0.3) is 0 Å². The van der Waals surface area contributed by atoms with Crippen molar-refractivity contribution in [2.24, 2.45) is 0 Å². The third-order valence-corrected chi connectivity index (χ3v) is 3.32. The molecule has 0 saturated heterocycles. The van der Waals surface area contributed by atoms with Gasteiger partial charge in [0.2, 0.25) is 0 Å². The molecule has 0 atom stereocenters. The molecule has 6 heteroatoms. The van der Waals surface area contributed by atoms with Crippen LogP contribution in [-0.2, 0) is 6.54 Å². The number of hydrogen-bond donors (Lipinski definition) is 0. The zero-order chi connectivity index (χ0) is 14.5. The smallest absolute Gasteiger partial charge is 0.269 e. The number of imidazole rings is 1. The first-order valence-corrected chi connectivity index (χ1v) is 6.51. The van der Waals surface area contributed by atoms with E-state index in [4.69, 9.17) is 0 Å². The number of nitro benzene ring substituents is 1. The molecule has 1 heterocycles. The first kappa shape index (κ1) is 14.0. The van der Waals surface area contributed by atoms with Gasteiger partial charge >= 0.3 is 0 Å². The fourth-order valence-electron chi connectivity index (χ4n) is 2.08. The molecule has 20 heavy (non-hydrogen) atoms. The molecule has 0 amide bonds. The van der Waals surface area contributed by atoms with E-state index in [1.54, 1.807) is 18.3 Å². The highest BCUT2D eigenvalue weighted by molar-refractivity contribution is 5.50. The molecule has 1 aromatic carbocycles. The number of non-ortho nitro benzene ring substituents is 1. The highest BCUT2D eigenvalue weighted by atomic mass is 16.6. The second-order valence-electron chi connectivity index (χ2n) is 4.72. The third kappa shape index (κ3) is 3.34. The first-order valence-electron chi connectivity index (χ1n) is 6.51. The summed E-state index contributed by atoms with van der Waals surface area (Å²) in [7, 11) is 1.99. The van der Waals surface area contributed by atoms with Gasteiger partial charge in [0, 0.05) is 50.4 Å². The van der Waals surface area contributed by atoms with Gasteiger partial charge in [0.1, 0.15) is 5.82 Å². The number of nitro groups is 1. The van der Waals surface area contributed by atoms with Gasteiger partial charge in [0.25, 0.3) is 5.69 Å². The van der Waals surface area contributed by atoms with Gasteiger partial charge in [-0.1, -0.05) is 0 Å². The van der Waals surface area contributed by atoms with Gasteiger partial charge in [0.05, 0.1) is 4.92 Å². The van der Waals surface area contributed by atoms with Crippen molar-refractivity contribution >= 4 is 11.4 Å². The summed E-state index contributed by atoms with van der Waals surface area (Å²) in [5.41, 5.74) is 1.11. The fraction of sp³-hybridized carbons (Fsp3) is 0.357. The number of hydrogen-bond acceptors (Lipinski definition) is 4. The molecule has 0 aliphatic rings. The first-order chi connectivity index (χ1) is 9.58. The molecule has 0 spiro atoms. The number of rotatable bonds is 6. The molecule has 106 valence electrons. The van der Waals surface area contributed by atoms with Crippen LogP contribution in [0.1, 0.15) is 12.2 Å². The van der Waals surface area contributed by atoms with Crippen LogP contribution in [0.3, 0.4) is 0 Å². The molecular weight excluding hydrogens is 256 g/mol. The molecule has 0 N–H and O–H groups in total. The zero-order valence-electron chi connectivity index (χ0n) is 11.7. The van der Waals surface area contributed by atoms with E-state index in [1.165, 1.54) is 12.1 Å². The van der Waals surface area contributed by atoms with Crippen LogP contribution in [0.2, 0.25) is 0 Å². The second kappa shape index (κ2) is 6.18. The summed E-state index contributed by atoms with van der Waals surface area (Å²) < 4.78 is 2.11. The molecular formula is C14H18N4O2. The molecule has 1 aromatic heterocycles. The minimum atomic E-state index is -0.383. The maximum Gasteiger partial charge on any atom is 0.269 e. The van der Waals surface area contributed by atoms with Gasteiger partial charge in [-0.05, 0) is 25.5 Å². The lowest BCUT2D eigenvalue weighted by Gasteiger charge is -2.19. The number of benzene rings is 1. The topological polar surface area (TPSA) is 64.2 Å². The van der Waals surface area contributed by atoms with Crippen molar-refractivity contribution < 1.29 is 4.92 Å². The van der Waals surface area contributed by atoms with E-state index in [-0.39, 0.29) is 10.6 Å². The van der Waals surface area contributed by atoms with Gasteiger partial charge in [-0.15, -0.1) is 0 Å². The minimum Gasteiger partial charge on any atom is -0.375 e. The summed E-state index contributed by atoms with van der Waals surface area (Å²) in [5, 5.41) is 10.6. The molecule has 0 aliphatic carbocycles. The SMILES string of the molecule is Cc1nccn1CCCN(C)c1ccc([N+](=O)[O-])cc1. The van der Waals surface area contributed by atoms with E-state index in [2.05, 4.69) is 14.5 Å². The molecule has 2 aromatic rings. The Kier molecular flexibility index (Phi) is 4.34. The van der Waals surface area contributed by atoms with Crippen LogP contribution in [0, 0.1) is 17.0 Å². The van der Waals surface area contributed by atoms with E-state index in [0.717, 1.165) is 31.0 Å². The molecule has 0 unspecified atom stereocenters. The van der Waals surface area contributed by atoms with E-state index >= 15 is 0 Å². The van der Waals surface area contributed by atoms with Crippen molar-refractivity contribution in [1.29, 1.82) is 0 Å². The van der Waals surface area contributed by atoms with Crippen molar-refractivity contribution in [3.63, 3.8) is 0 Å². The Morgan fingerprint density at radius 2 is 2.05 bits per heavy atom. The predicted molar refractivity (Wildman–Crippen MR) is 77.9 cm³/mol. The van der Waals surface area contributed by atoms with Crippen LogP contribution in [-0.4, -0.2) is 28.1 Å². The summed E-state index contributed by atoms with van der Waals surface area (Å²) in [5.74, 6) is 1.02. The number of nitrogens with zero attached hydrogens (tertiary/aromatic N) is 4. The Hall–Kier alpha value is -2.37. The van der Waals surface area contributed by atoms with Crippen molar-refractivity contribution in [2.45, 2.75) is 19.9 Å². The number of aromatic nitrogens is 2. The molecule has 0 aliphatic heterocycles. The molecule has 0 radical (unpaired) electrons. The average molecular weight is 274 g/mol. The van der Waals surface area contributed by atoms with E-state index in [1.807, 2.05) is 20.2 Å². The van der Waals surface area contributed by atoms with E-state index < -0.39 is 0 Å². The van der Waals surface area contributed by atoms with Crippen molar-refractivity contribution in [1.82, 2.24) is 9.55 Å². The lowest BCUT2D eigenvalue weighted by molar-refractivity contribution is -0.384. The molecule has 0 fully saturated rings. The number of aryl methyl sites for hydroxylation is 2. The second-order valence-corrected chi connectivity index (χ2v) is 4.72.